The predicted molar refractivity (Wildman–Crippen MR) is 90.7 cm³/mol. The highest BCUT2D eigenvalue weighted by Gasteiger charge is 2.27. The van der Waals surface area contributed by atoms with Crippen LogP contribution < -0.4 is 9.47 Å². The second-order valence-corrected chi connectivity index (χ2v) is 7.61. The van der Waals surface area contributed by atoms with Gasteiger partial charge >= 0.3 is 0 Å². The van der Waals surface area contributed by atoms with Gasteiger partial charge in [-0.25, -0.2) is 8.42 Å². The normalized spacial score (nSPS) is 16.0. The van der Waals surface area contributed by atoms with Gasteiger partial charge < -0.3 is 14.4 Å². The van der Waals surface area contributed by atoms with Crippen molar-refractivity contribution in [3.8, 4) is 11.5 Å². The van der Waals surface area contributed by atoms with Crippen molar-refractivity contribution in [2.75, 3.05) is 45.1 Å². The van der Waals surface area contributed by atoms with Crippen LogP contribution in [0.15, 0.2) is 24.3 Å². The number of carbonyl (C=O) groups excluding carboxylic acids is 1. The molecule has 0 spiro atoms. The van der Waals surface area contributed by atoms with Crippen molar-refractivity contribution in [2.24, 2.45) is 0 Å². The van der Waals surface area contributed by atoms with E-state index in [0.29, 0.717) is 44.3 Å². The molecule has 0 saturated carbocycles. The number of sulfonamides is 1. The highest BCUT2D eigenvalue weighted by Crippen LogP contribution is 2.26. The van der Waals surface area contributed by atoms with Crippen molar-refractivity contribution in [3.63, 3.8) is 0 Å². The van der Waals surface area contributed by atoms with Crippen molar-refractivity contribution >= 4 is 15.9 Å². The van der Waals surface area contributed by atoms with Gasteiger partial charge in [0.05, 0.1) is 12.4 Å². The molecule has 0 radical (unpaired) electrons. The van der Waals surface area contributed by atoms with Crippen LogP contribution in [0.5, 0.6) is 11.5 Å². The number of benzene rings is 1. The first kappa shape index (κ1) is 18.5. The number of ether oxygens (including phenoxy) is 2. The molecule has 1 aliphatic heterocycles. The first-order valence-corrected chi connectivity index (χ1v) is 9.69. The summed E-state index contributed by atoms with van der Waals surface area (Å²) < 4.78 is 36.1. The Morgan fingerprint density at radius 3 is 2.17 bits per heavy atom. The second-order valence-electron chi connectivity index (χ2n) is 5.35. The molecule has 1 aromatic carbocycles. The van der Waals surface area contributed by atoms with Crippen LogP contribution in [-0.2, 0) is 14.8 Å². The molecule has 0 unspecified atom stereocenters. The molecule has 134 valence electrons. The lowest BCUT2D eigenvalue weighted by molar-refractivity contribution is -0.134. The first-order chi connectivity index (χ1) is 11.5. The van der Waals surface area contributed by atoms with E-state index in [4.69, 9.17) is 9.47 Å². The molecule has 7 nitrogen and oxygen atoms in total. The molecule has 0 aliphatic carbocycles. The summed E-state index contributed by atoms with van der Waals surface area (Å²) in [4.78, 5) is 13.9. The zero-order valence-electron chi connectivity index (χ0n) is 14.1. The fraction of sp³-hybridized carbons (Fsp3) is 0.562. The minimum absolute atomic E-state index is 0.0816. The predicted octanol–water partition coefficient (Wildman–Crippen LogP) is 0.958. The Hall–Kier alpha value is -1.80. The molecule has 8 heteroatoms. The number of piperazine rings is 1. The van der Waals surface area contributed by atoms with E-state index < -0.39 is 10.0 Å². The third-order valence-corrected chi connectivity index (χ3v) is 5.73. The molecule has 2 rings (SSSR count). The summed E-state index contributed by atoms with van der Waals surface area (Å²) in [6.45, 7) is 5.35. The van der Waals surface area contributed by atoms with E-state index in [1.165, 1.54) is 4.31 Å². The number of hydrogen-bond donors (Lipinski definition) is 0. The van der Waals surface area contributed by atoms with Crippen molar-refractivity contribution in [1.82, 2.24) is 9.21 Å². The molecule has 0 aromatic heterocycles. The first-order valence-electron chi connectivity index (χ1n) is 8.08. The number of para-hydroxylation sites is 2. The zero-order valence-corrected chi connectivity index (χ0v) is 14.9. The van der Waals surface area contributed by atoms with Gasteiger partial charge in [-0.1, -0.05) is 12.1 Å². The van der Waals surface area contributed by atoms with Crippen LogP contribution in [-0.4, -0.2) is 68.7 Å². The minimum atomic E-state index is -3.19. The standard InChI is InChI=1S/C16H24N2O5S/c1-3-22-14-7-5-6-8-15(14)23-13-16(19)17-9-11-18(12-10-17)24(20,21)4-2/h5-8H,3-4,9-13H2,1-2H3. The van der Waals surface area contributed by atoms with Gasteiger partial charge in [-0.05, 0) is 26.0 Å². The summed E-state index contributed by atoms with van der Waals surface area (Å²) in [5.41, 5.74) is 0. The second kappa shape index (κ2) is 8.34. The van der Waals surface area contributed by atoms with Crippen molar-refractivity contribution in [2.45, 2.75) is 13.8 Å². The van der Waals surface area contributed by atoms with Gasteiger partial charge in [0.15, 0.2) is 18.1 Å². The van der Waals surface area contributed by atoms with E-state index in [2.05, 4.69) is 0 Å². The van der Waals surface area contributed by atoms with Gasteiger partial charge in [0, 0.05) is 26.2 Å². The van der Waals surface area contributed by atoms with E-state index in [1.807, 2.05) is 19.1 Å². The molecule has 24 heavy (non-hydrogen) atoms. The fourth-order valence-corrected chi connectivity index (χ4v) is 3.56. The molecule has 1 heterocycles. The monoisotopic (exact) mass is 356 g/mol. The Bertz CT molecular complexity index is 654. The SMILES string of the molecule is CCOc1ccccc1OCC(=O)N1CCN(S(=O)(=O)CC)CC1. The highest BCUT2D eigenvalue weighted by atomic mass is 32.2. The topological polar surface area (TPSA) is 76.2 Å². The molecule has 0 bridgehead atoms. The molecule has 1 amide bonds. The van der Waals surface area contributed by atoms with Gasteiger partial charge in [0.1, 0.15) is 0 Å². The Morgan fingerprint density at radius 1 is 1.04 bits per heavy atom. The summed E-state index contributed by atoms with van der Waals surface area (Å²) in [7, 11) is -3.19. The van der Waals surface area contributed by atoms with E-state index in [1.54, 1.807) is 24.0 Å². The molecular formula is C16H24N2O5S. The lowest BCUT2D eigenvalue weighted by Crippen LogP contribution is -2.51. The van der Waals surface area contributed by atoms with Crippen molar-refractivity contribution in [1.29, 1.82) is 0 Å². The van der Waals surface area contributed by atoms with Crippen molar-refractivity contribution in [3.05, 3.63) is 24.3 Å². The van der Waals surface area contributed by atoms with Crippen LogP contribution in [0.4, 0.5) is 0 Å². The average Bonchev–Trinajstić information content (AvgIpc) is 2.61. The highest BCUT2D eigenvalue weighted by molar-refractivity contribution is 7.89. The maximum atomic E-state index is 12.3. The van der Waals surface area contributed by atoms with Gasteiger partial charge in [-0.2, -0.15) is 4.31 Å². The molecule has 1 aromatic rings. The summed E-state index contributed by atoms with van der Waals surface area (Å²) in [5.74, 6) is 1.06. The third-order valence-electron chi connectivity index (χ3n) is 3.85. The Kier molecular flexibility index (Phi) is 6.44. The van der Waals surface area contributed by atoms with Crippen LogP contribution in [0.3, 0.4) is 0 Å². The average molecular weight is 356 g/mol. The number of nitrogens with zero attached hydrogens (tertiary/aromatic N) is 2. The Morgan fingerprint density at radius 2 is 1.62 bits per heavy atom. The third kappa shape index (κ3) is 4.61. The molecule has 1 aliphatic rings. The number of carbonyl (C=O) groups is 1. The number of hydrogen-bond acceptors (Lipinski definition) is 5. The Labute approximate surface area is 143 Å². The molecule has 0 atom stereocenters. The zero-order chi connectivity index (χ0) is 17.6. The minimum Gasteiger partial charge on any atom is -0.490 e. The summed E-state index contributed by atoms with van der Waals surface area (Å²) in [6.07, 6.45) is 0. The number of amides is 1. The van der Waals surface area contributed by atoms with Crippen LogP contribution in [0.25, 0.3) is 0 Å². The maximum absolute atomic E-state index is 12.3. The van der Waals surface area contributed by atoms with Crippen LogP contribution in [0.1, 0.15) is 13.8 Å². The van der Waals surface area contributed by atoms with Gasteiger partial charge in [-0.15, -0.1) is 0 Å². The van der Waals surface area contributed by atoms with Gasteiger partial charge in [-0.3, -0.25) is 4.79 Å². The maximum Gasteiger partial charge on any atom is 0.260 e. The smallest absolute Gasteiger partial charge is 0.260 e. The quantitative estimate of drug-likeness (QED) is 0.727. The van der Waals surface area contributed by atoms with Gasteiger partial charge in [0.2, 0.25) is 10.0 Å². The molecule has 1 saturated heterocycles. The largest absolute Gasteiger partial charge is 0.490 e. The van der Waals surface area contributed by atoms with E-state index in [0.717, 1.165) is 0 Å². The van der Waals surface area contributed by atoms with E-state index >= 15 is 0 Å². The lowest BCUT2D eigenvalue weighted by Gasteiger charge is -2.33. The van der Waals surface area contributed by atoms with Crippen LogP contribution in [0.2, 0.25) is 0 Å². The number of rotatable bonds is 7. The van der Waals surface area contributed by atoms with E-state index in [-0.39, 0.29) is 18.3 Å². The van der Waals surface area contributed by atoms with Gasteiger partial charge in [0.25, 0.3) is 5.91 Å². The van der Waals surface area contributed by atoms with Crippen LogP contribution in [0, 0.1) is 0 Å². The van der Waals surface area contributed by atoms with Crippen LogP contribution >= 0.6 is 0 Å². The summed E-state index contributed by atoms with van der Waals surface area (Å²) >= 11 is 0. The molecule has 1 fully saturated rings. The van der Waals surface area contributed by atoms with E-state index in [9.17, 15) is 13.2 Å². The molecular weight excluding hydrogens is 332 g/mol. The summed E-state index contributed by atoms with van der Waals surface area (Å²) in [6, 6.07) is 7.20. The Balaban J connectivity index is 1.86. The van der Waals surface area contributed by atoms with Crippen molar-refractivity contribution < 1.29 is 22.7 Å². The fourth-order valence-electron chi connectivity index (χ4n) is 2.47. The molecule has 0 N–H and O–H groups in total. The lowest BCUT2D eigenvalue weighted by atomic mass is 10.3. The summed E-state index contributed by atoms with van der Waals surface area (Å²) in [5, 5.41) is 0.